The topological polar surface area (TPSA) is 70.0 Å². The monoisotopic (exact) mass is 100 g/mol. The van der Waals surface area contributed by atoms with Gasteiger partial charge in [-0.3, -0.25) is 4.89 Å². The van der Waals surface area contributed by atoms with E-state index >= 15 is 0 Å². The molecule has 0 spiro atoms. The molecule has 0 amide bonds. The highest BCUT2D eigenvalue weighted by atomic mass is 17.1. The largest absolute Gasteiger partial charge is 0.359 e. The molecule has 0 aliphatic rings. The van der Waals surface area contributed by atoms with E-state index in [4.69, 9.17) is 10.5 Å². The summed E-state index contributed by atoms with van der Waals surface area (Å²) in [7, 11) is 0. The fourth-order valence-corrected chi connectivity index (χ4v) is 0.0940. The minimum atomic E-state index is -1.04. The van der Waals surface area contributed by atoms with Crippen molar-refractivity contribution in [3.63, 3.8) is 0 Å². The van der Waals surface area contributed by atoms with Crippen LogP contribution in [-0.2, 0) is 14.9 Å². The van der Waals surface area contributed by atoms with Gasteiger partial charge in [-0.2, -0.15) is 5.26 Å². The van der Waals surface area contributed by atoms with Crippen molar-refractivity contribution in [1.29, 1.82) is 5.26 Å². The van der Waals surface area contributed by atoms with Crippen LogP contribution in [0.15, 0.2) is 0 Å². The molecule has 0 atom stereocenters. The van der Waals surface area contributed by atoms with Gasteiger partial charge in [0, 0.05) is 5.26 Å². The average molecular weight is 100 g/mol. The Morgan fingerprint density at radius 3 is 2.57 bits per heavy atom. The van der Waals surface area contributed by atoms with Crippen LogP contribution in [0.5, 0.6) is 0 Å². The summed E-state index contributed by atoms with van der Waals surface area (Å²) in [5, 5.41) is 16.7. The molecular formula is C3H2NO3. The zero-order valence-electron chi connectivity index (χ0n) is 3.38. The number of nitriles is 1. The summed E-state index contributed by atoms with van der Waals surface area (Å²) in [6, 6.07) is 1.44. The van der Waals surface area contributed by atoms with Gasteiger partial charge in [0.1, 0.15) is 6.42 Å². The molecule has 4 nitrogen and oxygen atoms in total. The van der Waals surface area contributed by atoms with Crippen molar-refractivity contribution in [3.05, 3.63) is 0 Å². The second kappa shape index (κ2) is 3.12. The van der Waals surface area contributed by atoms with Gasteiger partial charge in [0.2, 0.25) is 0 Å². The maximum atomic E-state index is 9.65. The number of nitrogens with zero attached hydrogens (tertiary/aromatic N) is 1. The number of hydrogen-bond acceptors (Lipinski definition) is 3. The molecule has 0 bridgehead atoms. The van der Waals surface area contributed by atoms with Crippen LogP contribution < -0.4 is 0 Å². The predicted octanol–water partition coefficient (Wildman–Crippen LogP) is -0.211. The molecule has 1 radical (unpaired) electrons. The van der Waals surface area contributed by atoms with Crippen LogP contribution in [0.1, 0.15) is 6.42 Å². The predicted molar refractivity (Wildman–Crippen MR) is 17.0 cm³/mol. The molecule has 0 fully saturated rings. The summed E-state index contributed by atoms with van der Waals surface area (Å²) in [6.07, 6.45) is -0.469. The van der Waals surface area contributed by atoms with Crippen molar-refractivity contribution >= 4 is 5.97 Å². The number of hydrogen-bond donors (Lipinski definition) is 0. The van der Waals surface area contributed by atoms with Gasteiger partial charge in [0.15, 0.2) is 0 Å². The molecule has 0 aromatic carbocycles. The molecule has 4 heteroatoms. The van der Waals surface area contributed by atoms with Crippen molar-refractivity contribution in [2.45, 2.75) is 6.42 Å². The molecule has 0 heterocycles. The molecule has 37 valence electrons. The number of carbonyl (C=O) groups is 1. The highest BCUT2D eigenvalue weighted by molar-refractivity contribution is 5.70. The summed E-state index contributed by atoms with van der Waals surface area (Å²) in [5.74, 6) is -1.04. The Hall–Kier alpha value is -1.08. The minimum Gasteiger partial charge on any atom is -0.265 e. The Bertz CT molecular complexity index is 103. The number of carbonyl (C=O) groups excluding carboxylic acids is 1. The first-order valence-electron chi connectivity index (χ1n) is 1.51. The van der Waals surface area contributed by atoms with E-state index < -0.39 is 12.4 Å². The van der Waals surface area contributed by atoms with E-state index in [1.54, 1.807) is 0 Å². The summed E-state index contributed by atoms with van der Waals surface area (Å²) in [6.45, 7) is 0. The molecule has 0 N–H and O–H groups in total. The third kappa shape index (κ3) is 2.73. The quantitative estimate of drug-likeness (QED) is 0.338. The molecule has 0 saturated carbocycles. The van der Waals surface area contributed by atoms with Crippen LogP contribution in [0.4, 0.5) is 0 Å². The highest BCUT2D eigenvalue weighted by Crippen LogP contribution is 1.77. The van der Waals surface area contributed by atoms with Gasteiger partial charge in [-0.15, -0.1) is 0 Å². The smallest absolute Gasteiger partial charge is 0.265 e. The van der Waals surface area contributed by atoms with Crippen molar-refractivity contribution in [2.75, 3.05) is 0 Å². The molecular weight excluding hydrogens is 98.0 g/mol. The standard InChI is InChI=1S/C3H2NO3/c4-2-1-3(5)7-6/h1H2. The molecule has 0 aromatic heterocycles. The second-order valence-electron chi connectivity index (χ2n) is 0.790. The van der Waals surface area contributed by atoms with Gasteiger partial charge >= 0.3 is 5.97 Å². The lowest BCUT2D eigenvalue weighted by atomic mass is 10.5. The van der Waals surface area contributed by atoms with Gasteiger partial charge in [-0.05, 0) is 0 Å². The normalized spacial score (nSPS) is 6.86. The van der Waals surface area contributed by atoms with Crippen molar-refractivity contribution < 1.29 is 14.9 Å². The lowest BCUT2D eigenvalue weighted by Gasteiger charge is -1.78. The first kappa shape index (κ1) is 5.92. The van der Waals surface area contributed by atoms with Crippen LogP contribution in [0.2, 0.25) is 0 Å². The third-order valence-corrected chi connectivity index (χ3v) is 0.316. The third-order valence-electron chi connectivity index (χ3n) is 0.316. The Labute approximate surface area is 39.9 Å². The van der Waals surface area contributed by atoms with Crippen molar-refractivity contribution in [3.8, 4) is 6.07 Å². The van der Waals surface area contributed by atoms with Crippen LogP contribution in [0, 0.1) is 11.3 Å². The van der Waals surface area contributed by atoms with Gasteiger partial charge in [-0.25, -0.2) is 4.79 Å². The highest BCUT2D eigenvalue weighted by Gasteiger charge is 1.97. The van der Waals surface area contributed by atoms with Crippen LogP contribution >= 0.6 is 0 Å². The van der Waals surface area contributed by atoms with Crippen molar-refractivity contribution in [1.82, 2.24) is 0 Å². The van der Waals surface area contributed by atoms with E-state index in [1.165, 1.54) is 6.07 Å². The SMILES string of the molecule is N#CCC(=O)O[O]. The van der Waals surface area contributed by atoms with Crippen LogP contribution in [0.25, 0.3) is 0 Å². The fraction of sp³-hybridized carbons (Fsp3) is 0.333. The number of rotatable bonds is 1. The lowest BCUT2D eigenvalue weighted by Crippen LogP contribution is -1.95. The molecule has 0 rings (SSSR count). The van der Waals surface area contributed by atoms with Gasteiger partial charge in [0.05, 0.1) is 6.07 Å². The fourth-order valence-electron chi connectivity index (χ4n) is 0.0940. The first-order chi connectivity index (χ1) is 3.31. The average Bonchev–Trinajstić information content (AvgIpc) is 1.68. The summed E-state index contributed by atoms with van der Waals surface area (Å²) < 4.78 is 0. The van der Waals surface area contributed by atoms with Crippen LogP contribution in [0.3, 0.4) is 0 Å². The summed E-state index contributed by atoms with van der Waals surface area (Å²) in [5.41, 5.74) is 0. The molecule has 0 unspecified atom stereocenters. The summed E-state index contributed by atoms with van der Waals surface area (Å²) in [4.78, 5) is 12.5. The van der Waals surface area contributed by atoms with E-state index in [0.29, 0.717) is 0 Å². The molecule has 0 aromatic rings. The van der Waals surface area contributed by atoms with Crippen molar-refractivity contribution in [2.24, 2.45) is 0 Å². The van der Waals surface area contributed by atoms with E-state index in [2.05, 4.69) is 4.89 Å². The van der Waals surface area contributed by atoms with Crippen LogP contribution in [-0.4, -0.2) is 5.97 Å². The van der Waals surface area contributed by atoms with E-state index in [0.717, 1.165) is 0 Å². The second-order valence-corrected chi connectivity index (χ2v) is 0.790. The van der Waals surface area contributed by atoms with Gasteiger partial charge < -0.3 is 0 Å². The maximum absolute atomic E-state index is 9.65. The molecule has 0 saturated heterocycles. The zero-order chi connectivity index (χ0) is 5.70. The van der Waals surface area contributed by atoms with Gasteiger partial charge in [0.25, 0.3) is 0 Å². The first-order valence-corrected chi connectivity index (χ1v) is 1.51. The van der Waals surface area contributed by atoms with E-state index in [1.807, 2.05) is 0 Å². The molecule has 0 aliphatic carbocycles. The minimum absolute atomic E-state index is 0.469. The summed E-state index contributed by atoms with van der Waals surface area (Å²) >= 11 is 0. The molecule has 7 heavy (non-hydrogen) atoms. The Morgan fingerprint density at radius 1 is 1.86 bits per heavy atom. The Morgan fingerprint density at radius 2 is 2.43 bits per heavy atom. The Kier molecular flexibility index (Phi) is 2.64. The zero-order valence-corrected chi connectivity index (χ0v) is 3.38. The maximum Gasteiger partial charge on any atom is 0.359 e. The van der Waals surface area contributed by atoms with E-state index in [9.17, 15) is 4.79 Å². The Balaban J connectivity index is 3.23. The molecule has 0 aliphatic heterocycles. The van der Waals surface area contributed by atoms with E-state index in [-0.39, 0.29) is 0 Å². The lowest BCUT2D eigenvalue weighted by molar-refractivity contribution is -0.277. The van der Waals surface area contributed by atoms with Gasteiger partial charge in [-0.1, -0.05) is 0 Å².